The Bertz CT molecular complexity index is 1150. The number of amides is 2. The molecule has 0 saturated heterocycles. The van der Waals surface area contributed by atoms with Gasteiger partial charge in [0.15, 0.2) is 0 Å². The Hall–Kier alpha value is -3.15. The van der Waals surface area contributed by atoms with Gasteiger partial charge in [-0.1, -0.05) is 42.5 Å². The van der Waals surface area contributed by atoms with E-state index in [0.29, 0.717) is 36.3 Å². The summed E-state index contributed by atoms with van der Waals surface area (Å²) in [5.41, 5.74) is 1.23. The number of rotatable bonds is 8. The molecule has 2 aromatic rings. The molecule has 0 aliphatic heterocycles. The Morgan fingerprint density at radius 2 is 1.79 bits per heavy atom. The third kappa shape index (κ3) is 4.03. The van der Waals surface area contributed by atoms with Crippen LogP contribution >= 0.6 is 0 Å². The van der Waals surface area contributed by atoms with Crippen LogP contribution in [-0.2, 0) is 13.0 Å². The van der Waals surface area contributed by atoms with E-state index >= 15 is 0 Å². The minimum Gasteiger partial charge on any atom is -0.355 e. The quantitative estimate of drug-likeness (QED) is 0.613. The van der Waals surface area contributed by atoms with Crippen molar-refractivity contribution in [2.45, 2.75) is 38.6 Å². The van der Waals surface area contributed by atoms with E-state index in [2.05, 4.69) is 34.9 Å². The zero-order valence-electron chi connectivity index (χ0n) is 19.0. The molecular formula is C27H31N3O3. The van der Waals surface area contributed by atoms with Crippen LogP contribution in [0.5, 0.6) is 0 Å². The van der Waals surface area contributed by atoms with Gasteiger partial charge in [-0.2, -0.15) is 0 Å². The standard InChI is InChI=1S/C27H31N3O3/c1-28-25(32)21-16-30(13-5-8-18-6-3-2-4-7-18)17-22(24(21)31)26(33)29-15-19-14-20-9-10-23(19)27(20)11-12-27/h2-4,6-7,9-10,16-17,19-20,23H,5,8,11-15H2,1H3,(H,28,32)(H,29,33)/t19-,20+,23+/m1/s1. The number of allylic oxidation sites excluding steroid dienone is 2. The van der Waals surface area contributed by atoms with Crippen molar-refractivity contribution in [2.24, 2.45) is 23.2 Å². The number of nitrogens with one attached hydrogen (secondary N) is 2. The SMILES string of the molecule is CNC(=O)c1cn(CCCc2ccccc2)cc(C(=O)NC[C@H]2C[C@@H]3C=C[C@@H]2C32CC2)c1=O. The van der Waals surface area contributed by atoms with Gasteiger partial charge in [0.1, 0.15) is 11.1 Å². The minimum absolute atomic E-state index is 0.00431. The molecule has 0 unspecified atom stereocenters. The molecule has 2 N–H and O–H groups in total. The van der Waals surface area contributed by atoms with Crippen molar-refractivity contribution in [3.8, 4) is 0 Å². The number of aromatic nitrogens is 1. The molecule has 0 radical (unpaired) electrons. The third-order valence-electron chi connectivity index (χ3n) is 7.89. The average molecular weight is 446 g/mol. The third-order valence-corrected chi connectivity index (χ3v) is 7.89. The van der Waals surface area contributed by atoms with Crippen LogP contribution in [0.3, 0.4) is 0 Å². The molecule has 6 nitrogen and oxygen atoms in total. The lowest BCUT2D eigenvalue weighted by atomic mass is 9.89. The van der Waals surface area contributed by atoms with Crippen LogP contribution in [-0.4, -0.2) is 30.0 Å². The molecule has 1 spiro atoms. The first-order chi connectivity index (χ1) is 16.0. The van der Waals surface area contributed by atoms with E-state index in [4.69, 9.17) is 0 Å². The highest BCUT2D eigenvalue weighted by molar-refractivity contribution is 5.99. The first-order valence-corrected chi connectivity index (χ1v) is 12.0. The van der Waals surface area contributed by atoms with Gasteiger partial charge in [-0.15, -0.1) is 0 Å². The number of carbonyl (C=O) groups is 2. The van der Waals surface area contributed by atoms with Crippen LogP contribution in [0.2, 0.25) is 0 Å². The highest BCUT2D eigenvalue weighted by Crippen LogP contribution is 2.69. The van der Waals surface area contributed by atoms with Crippen LogP contribution in [0, 0.1) is 23.2 Å². The van der Waals surface area contributed by atoms with Gasteiger partial charge in [-0.3, -0.25) is 14.4 Å². The summed E-state index contributed by atoms with van der Waals surface area (Å²) in [6, 6.07) is 10.2. The van der Waals surface area contributed by atoms with Gasteiger partial charge in [0, 0.05) is 32.5 Å². The van der Waals surface area contributed by atoms with Gasteiger partial charge in [0.05, 0.1) is 0 Å². The van der Waals surface area contributed by atoms with Crippen LogP contribution in [0.4, 0.5) is 0 Å². The molecule has 172 valence electrons. The largest absolute Gasteiger partial charge is 0.355 e. The van der Waals surface area contributed by atoms with Crippen molar-refractivity contribution in [3.63, 3.8) is 0 Å². The Kier molecular flexibility index (Phi) is 5.69. The molecule has 2 saturated carbocycles. The molecule has 1 heterocycles. The second kappa shape index (κ2) is 8.65. The van der Waals surface area contributed by atoms with Crippen molar-refractivity contribution in [3.05, 3.63) is 81.8 Å². The molecule has 6 heteroatoms. The Labute approximate surface area is 194 Å². The van der Waals surface area contributed by atoms with Crippen LogP contribution in [0.25, 0.3) is 0 Å². The predicted octanol–water partition coefficient (Wildman–Crippen LogP) is 3.17. The fourth-order valence-corrected chi connectivity index (χ4v) is 6.00. The highest BCUT2D eigenvalue weighted by Gasteiger charge is 2.62. The number of hydrogen-bond acceptors (Lipinski definition) is 3. The van der Waals surface area contributed by atoms with Crippen LogP contribution < -0.4 is 16.1 Å². The fraction of sp³-hybridized carbons (Fsp3) is 0.444. The van der Waals surface area contributed by atoms with Gasteiger partial charge < -0.3 is 15.2 Å². The van der Waals surface area contributed by atoms with E-state index in [1.165, 1.54) is 25.5 Å². The van der Waals surface area contributed by atoms with Crippen LogP contribution in [0.1, 0.15) is 52.0 Å². The molecule has 3 aliphatic carbocycles. The van der Waals surface area contributed by atoms with Gasteiger partial charge in [-0.05, 0) is 60.8 Å². The minimum atomic E-state index is -0.516. The smallest absolute Gasteiger partial charge is 0.256 e. The summed E-state index contributed by atoms with van der Waals surface area (Å²) in [5.74, 6) is 0.777. The molecule has 3 aliphatic rings. The maximum absolute atomic E-state index is 13.0. The number of nitrogens with zero attached hydrogens (tertiary/aromatic N) is 1. The number of benzene rings is 1. The van der Waals surface area contributed by atoms with E-state index in [1.807, 2.05) is 18.2 Å². The van der Waals surface area contributed by atoms with E-state index in [-0.39, 0.29) is 17.0 Å². The molecule has 2 bridgehead atoms. The summed E-state index contributed by atoms with van der Waals surface area (Å²) in [7, 11) is 1.49. The lowest BCUT2D eigenvalue weighted by molar-refractivity contribution is 0.0942. The lowest BCUT2D eigenvalue weighted by Crippen LogP contribution is -2.37. The molecule has 33 heavy (non-hydrogen) atoms. The average Bonchev–Trinajstić information content (AvgIpc) is 3.51. The second-order valence-corrected chi connectivity index (χ2v) is 9.78. The van der Waals surface area contributed by atoms with Crippen molar-refractivity contribution in [2.75, 3.05) is 13.6 Å². The van der Waals surface area contributed by atoms with Crippen molar-refractivity contribution in [1.82, 2.24) is 15.2 Å². The maximum Gasteiger partial charge on any atom is 0.256 e. The zero-order chi connectivity index (χ0) is 23.0. The van der Waals surface area contributed by atoms with Gasteiger partial charge in [-0.25, -0.2) is 0 Å². The summed E-state index contributed by atoms with van der Waals surface area (Å²) in [6.07, 6.45) is 13.3. The summed E-state index contributed by atoms with van der Waals surface area (Å²) in [6.45, 7) is 1.18. The Morgan fingerprint density at radius 3 is 2.45 bits per heavy atom. The first-order valence-electron chi connectivity index (χ1n) is 12.0. The molecule has 3 atom stereocenters. The number of hydrogen-bond donors (Lipinski definition) is 2. The summed E-state index contributed by atoms with van der Waals surface area (Å²) >= 11 is 0. The van der Waals surface area contributed by atoms with E-state index in [0.717, 1.165) is 19.3 Å². The topological polar surface area (TPSA) is 80.2 Å². The Balaban J connectivity index is 1.29. The number of aryl methyl sites for hydroxylation is 2. The molecule has 2 fully saturated rings. The molecular weight excluding hydrogens is 414 g/mol. The van der Waals surface area contributed by atoms with Crippen LogP contribution in [0.15, 0.2) is 59.7 Å². The van der Waals surface area contributed by atoms with Crippen molar-refractivity contribution >= 4 is 11.8 Å². The van der Waals surface area contributed by atoms with E-state index < -0.39 is 11.3 Å². The fourth-order valence-electron chi connectivity index (χ4n) is 6.00. The Morgan fingerprint density at radius 1 is 1.06 bits per heavy atom. The molecule has 1 aromatic carbocycles. The van der Waals surface area contributed by atoms with Crippen molar-refractivity contribution in [1.29, 1.82) is 0 Å². The van der Waals surface area contributed by atoms with E-state index in [1.54, 1.807) is 17.0 Å². The number of carbonyl (C=O) groups excluding carboxylic acids is 2. The van der Waals surface area contributed by atoms with Gasteiger partial charge in [0.2, 0.25) is 5.43 Å². The normalized spacial score (nSPS) is 23.6. The second-order valence-electron chi connectivity index (χ2n) is 9.78. The number of pyridine rings is 1. The molecule has 2 amide bonds. The molecule has 1 aromatic heterocycles. The van der Waals surface area contributed by atoms with Gasteiger partial charge in [0.25, 0.3) is 11.8 Å². The first kappa shape index (κ1) is 21.7. The molecule has 5 rings (SSSR count). The van der Waals surface area contributed by atoms with Gasteiger partial charge >= 0.3 is 0 Å². The predicted molar refractivity (Wildman–Crippen MR) is 127 cm³/mol. The summed E-state index contributed by atoms with van der Waals surface area (Å²) in [4.78, 5) is 38.3. The summed E-state index contributed by atoms with van der Waals surface area (Å²) < 4.78 is 1.79. The maximum atomic E-state index is 13.0. The zero-order valence-corrected chi connectivity index (χ0v) is 19.0. The lowest BCUT2D eigenvalue weighted by Gasteiger charge is -2.20. The monoisotopic (exact) mass is 445 g/mol. The van der Waals surface area contributed by atoms with E-state index in [9.17, 15) is 14.4 Å². The summed E-state index contributed by atoms with van der Waals surface area (Å²) in [5, 5.41) is 5.52. The van der Waals surface area contributed by atoms with Crippen molar-refractivity contribution < 1.29 is 9.59 Å². The highest BCUT2D eigenvalue weighted by atomic mass is 16.2.